The zero-order valence-corrected chi connectivity index (χ0v) is 15.7. The molecule has 2 heterocycles. The van der Waals surface area contributed by atoms with Gasteiger partial charge in [-0.1, -0.05) is 12.5 Å². The summed E-state index contributed by atoms with van der Waals surface area (Å²) in [5, 5.41) is 2.83. The van der Waals surface area contributed by atoms with Crippen LogP contribution in [0.15, 0.2) is 41.0 Å². The van der Waals surface area contributed by atoms with Crippen LogP contribution in [0.4, 0.5) is 8.78 Å². The third kappa shape index (κ3) is 4.81. The van der Waals surface area contributed by atoms with Gasteiger partial charge in [0, 0.05) is 6.54 Å². The molecule has 6 nitrogen and oxygen atoms in total. The molecule has 28 heavy (non-hydrogen) atoms. The van der Waals surface area contributed by atoms with Gasteiger partial charge in [-0.15, -0.1) is 0 Å². The van der Waals surface area contributed by atoms with Crippen molar-refractivity contribution in [3.05, 3.63) is 47.9 Å². The number of halogens is 2. The van der Waals surface area contributed by atoms with E-state index in [1.807, 2.05) is 12.1 Å². The molecule has 1 aromatic carbocycles. The number of hydrogen-bond acceptors (Lipinski definition) is 5. The van der Waals surface area contributed by atoms with E-state index in [2.05, 4.69) is 15.0 Å². The number of rotatable bonds is 8. The Kier molecular flexibility index (Phi) is 6.86. The first-order valence-electron chi connectivity index (χ1n) is 9.27. The number of para-hydroxylation sites is 1. The van der Waals surface area contributed by atoms with Crippen LogP contribution in [0, 0.1) is 0 Å². The minimum absolute atomic E-state index is 0.00325. The fourth-order valence-corrected chi connectivity index (χ4v) is 3.47. The van der Waals surface area contributed by atoms with E-state index in [1.165, 1.54) is 25.7 Å². The number of likely N-dealkylation sites (tertiary alicyclic amines) is 1. The van der Waals surface area contributed by atoms with Gasteiger partial charge in [-0.05, 0) is 50.2 Å². The normalized spacial score (nSPS) is 16.0. The molecule has 0 saturated carbocycles. The Morgan fingerprint density at radius 3 is 2.64 bits per heavy atom. The monoisotopic (exact) mass is 394 g/mol. The summed E-state index contributed by atoms with van der Waals surface area (Å²) in [6, 6.07) is 8.02. The van der Waals surface area contributed by atoms with Crippen molar-refractivity contribution in [2.75, 3.05) is 26.7 Å². The van der Waals surface area contributed by atoms with Gasteiger partial charge in [-0.2, -0.15) is 8.78 Å². The van der Waals surface area contributed by atoms with Crippen molar-refractivity contribution in [2.24, 2.45) is 0 Å². The first-order chi connectivity index (χ1) is 13.6. The molecule has 1 amide bonds. The molecule has 1 aromatic heterocycles. The zero-order chi connectivity index (χ0) is 19.9. The fourth-order valence-electron chi connectivity index (χ4n) is 3.47. The molecule has 1 atom stereocenters. The number of piperidine rings is 1. The predicted octanol–water partition coefficient (Wildman–Crippen LogP) is 3.85. The standard InChI is InChI=1S/C20H24F2N2O4/c1-26-17-8-5-7-14(18(17)28-20(21)22)19(25)23-13-15(16-9-6-12-27-16)24-10-3-2-4-11-24/h5-9,12,15,20H,2-4,10-11,13H2,1H3,(H,23,25). The molecule has 0 bridgehead atoms. The maximum atomic E-state index is 12.8. The number of nitrogens with zero attached hydrogens (tertiary/aromatic N) is 1. The van der Waals surface area contributed by atoms with Gasteiger partial charge in [0.1, 0.15) is 5.76 Å². The molecule has 0 radical (unpaired) electrons. The van der Waals surface area contributed by atoms with Crippen molar-refractivity contribution in [3.63, 3.8) is 0 Å². The fraction of sp³-hybridized carbons (Fsp3) is 0.450. The summed E-state index contributed by atoms with van der Waals surface area (Å²) in [5.41, 5.74) is -0.00325. The Bertz CT molecular complexity index is 762. The van der Waals surface area contributed by atoms with Crippen LogP contribution in [0.25, 0.3) is 0 Å². The van der Waals surface area contributed by atoms with Crippen LogP contribution in [-0.2, 0) is 0 Å². The molecule has 152 valence electrons. The first kappa shape index (κ1) is 20.1. The Hall–Kier alpha value is -2.61. The number of ether oxygens (including phenoxy) is 2. The van der Waals surface area contributed by atoms with E-state index in [9.17, 15) is 13.6 Å². The number of nitrogens with one attached hydrogen (secondary N) is 1. The van der Waals surface area contributed by atoms with Gasteiger partial charge < -0.3 is 19.2 Å². The van der Waals surface area contributed by atoms with Gasteiger partial charge in [0.05, 0.1) is 25.0 Å². The van der Waals surface area contributed by atoms with E-state index in [-0.39, 0.29) is 29.6 Å². The number of carbonyl (C=O) groups excluding carboxylic acids is 1. The molecule has 1 saturated heterocycles. The zero-order valence-electron chi connectivity index (χ0n) is 15.7. The molecule has 1 aliphatic heterocycles. The molecule has 1 aliphatic rings. The topological polar surface area (TPSA) is 63.9 Å². The lowest BCUT2D eigenvalue weighted by Gasteiger charge is -2.33. The molecular weight excluding hydrogens is 370 g/mol. The van der Waals surface area contributed by atoms with Crippen molar-refractivity contribution in [3.8, 4) is 11.5 Å². The summed E-state index contributed by atoms with van der Waals surface area (Å²) in [4.78, 5) is 15.0. The number of benzene rings is 1. The van der Waals surface area contributed by atoms with Crippen LogP contribution >= 0.6 is 0 Å². The number of hydrogen-bond donors (Lipinski definition) is 1. The van der Waals surface area contributed by atoms with E-state index >= 15 is 0 Å². The van der Waals surface area contributed by atoms with Crippen LogP contribution in [0.1, 0.15) is 41.4 Å². The average Bonchev–Trinajstić information content (AvgIpc) is 3.23. The maximum absolute atomic E-state index is 12.8. The van der Waals surface area contributed by atoms with E-state index in [4.69, 9.17) is 9.15 Å². The molecular formula is C20H24F2N2O4. The highest BCUT2D eigenvalue weighted by atomic mass is 19.3. The number of methoxy groups -OCH3 is 1. The summed E-state index contributed by atoms with van der Waals surface area (Å²) in [6.45, 7) is -0.940. The highest BCUT2D eigenvalue weighted by molar-refractivity contribution is 5.97. The minimum Gasteiger partial charge on any atom is -0.493 e. The number of amides is 1. The summed E-state index contributed by atoms with van der Waals surface area (Å²) < 4.78 is 40.7. The van der Waals surface area contributed by atoms with Crippen LogP contribution in [-0.4, -0.2) is 44.2 Å². The lowest BCUT2D eigenvalue weighted by atomic mass is 10.1. The SMILES string of the molecule is COc1cccc(C(=O)NCC(c2ccco2)N2CCCCC2)c1OC(F)F. The van der Waals surface area contributed by atoms with Crippen LogP contribution in [0.2, 0.25) is 0 Å². The Morgan fingerprint density at radius 1 is 1.21 bits per heavy atom. The average molecular weight is 394 g/mol. The van der Waals surface area contributed by atoms with Gasteiger partial charge in [0.2, 0.25) is 0 Å². The second-order valence-corrected chi connectivity index (χ2v) is 6.55. The van der Waals surface area contributed by atoms with Crippen molar-refractivity contribution in [1.29, 1.82) is 0 Å². The van der Waals surface area contributed by atoms with Crippen LogP contribution in [0.3, 0.4) is 0 Å². The van der Waals surface area contributed by atoms with Gasteiger partial charge in [-0.25, -0.2) is 0 Å². The second kappa shape index (κ2) is 9.54. The highest BCUT2D eigenvalue weighted by Gasteiger charge is 2.26. The number of carbonyl (C=O) groups is 1. The Labute approximate surface area is 162 Å². The third-order valence-corrected chi connectivity index (χ3v) is 4.81. The lowest BCUT2D eigenvalue weighted by Crippen LogP contribution is -2.40. The van der Waals surface area contributed by atoms with Gasteiger partial charge in [0.25, 0.3) is 5.91 Å². The Morgan fingerprint density at radius 2 is 2.00 bits per heavy atom. The molecule has 1 N–H and O–H groups in total. The van der Waals surface area contributed by atoms with E-state index < -0.39 is 12.5 Å². The molecule has 2 aromatic rings. The summed E-state index contributed by atoms with van der Waals surface area (Å²) in [6.07, 6.45) is 4.97. The molecule has 0 aliphatic carbocycles. The van der Waals surface area contributed by atoms with E-state index in [0.717, 1.165) is 31.7 Å². The summed E-state index contributed by atoms with van der Waals surface area (Å²) in [7, 11) is 1.33. The predicted molar refractivity (Wildman–Crippen MR) is 98.8 cm³/mol. The molecule has 1 unspecified atom stereocenters. The van der Waals surface area contributed by atoms with Crippen molar-refractivity contribution in [1.82, 2.24) is 10.2 Å². The molecule has 8 heteroatoms. The molecule has 3 rings (SSSR count). The van der Waals surface area contributed by atoms with Crippen LogP contribution in [0.5, 0.6) is 11.5 Å². The van der Waals surface area contributed by atoms with Gasteiger partial charge in [0.15, 0.2) is 11.5 Å². The minimum atomic E-state index is -3.06. The molecule has 1 fully saturated rings. The van der Waals surface area contributed by atoms with Gasteiger partial charge >= 0.3 is 6.61 Å². The Balaban J connectivity index is 1.76. The summed E-state index contributed by atoms with van der Waals surface area (Å²) >= 11 is 0. The van der Waals surface area contributed by atoms with Crippen LogP contribution < -0.4 is 14.8 Å². The van der Waals surface area contributed by atoms with Crippen molar-refractivity contribution in [2.45, 2.75) is 31.9 Å². The second-order valence-electron chi connectivity index (χ2n) is 6.55. The third-order valence-electron chi connectivity index (χ3n) is 4.81. The quantitative estimate of drug-likeness (QED) is 0.737. The number of furan rings is 1. The van der Waals surface area contributed by atoms with E-state index in [1.54, 1.807) is 12.3 Å². The smallest absolute Gasteiger partial charge is 0.387 e. The van der Waals surface area contributed by atoms with Gasteiger partial charge in [-0.3, -0.25) is 9.69 Å². The van der Waals surface area contributed by atoms with Crippen molar-refractivity contribution >= 4 is 5.91 Å². The maximum Gasteiger partial charge on any atom is 0.387 e. The lowest BCUT2D eigenvalue weighted by molar-refractivity contribution is -0.0515. The summed E-state index contributed by atoms with van der Waals surface area (Å²) in [5.74, 6) is 0.0524. The van der Waals surface area contributed by atoms with E-state index in [0.29, 0.717) is 0 Å². The van der Waals surface area contributed by atoms with Crippen molar-refractivity contribution < 1.29 is 27.5 Å². The highest BCUT2D eigenvalue weighted by Crippen LogP contribution is 2.32. The first-order valence-corrected chi connectivity index (χ1v) is 9.27. The largest absolute Gasteiger partial charge is 0.493 e. The number of alkyl halides is 2. The molecule has 0 spiro atoms.